The molecule has 0 bridgehead atoms. The predicted molar refractivity (Wildman–Crippen MR) is 104 cm³/mol. The number of hydrogen-bond acceptors (Lipinski definition) is 4. The largest absolute Gasteiger partial charge is 0.349 e. The third-order valence-corrected chi connectivity index (χ3v) is 5.16. The van der Waals surface area contributed by atoms with Gasteiger partial charge in [0, 0.05) is 13.5 Å². The number of aromatic nitrogens is 3. The van der Waals surface area contributed by atoms with Gasteiger partial charge in [-0.25, -0.2) is 0 Å². The van der Waals surface area contributed by atoms with Crippen LogP contribution in [0.2, 0.25) is 0 Å². The molecule has 134 valence electrons. The van der Waals surface area contributed by atoms with Gasteiger partial charge in [-0.1, -0.05) is 72.4 Å². The summed E-state index contributed by atoms with van der Waals surface area (Å²) < 4.78 is 1.95. The molecule has 0 fully saturated rings. The fourth-order valence-electron chi connectivity index (χ4n) is 2.64. The smallest absolute Gasteiger partial charge is 0.230 e. The molecule has 0 saturated heterocycles. The van der Waals surface area contributed by atoms with Crippen molar-refractivity contribution in [3.05, 3.63) is 77.6 Å². The Hall–Kier alpha value is -2.60. The minimum Gasteiger partial charge on any atom is -0.349 e. The Morgan fingerprint density at radius 2 is 1.73 bits per heavy atom. The summed E-state index contributed by atoms with van der Waals surface area (Å²) in [7, 11) is 1.94. The summed E-state index contributed by atoms with van der Waals surface area (Å²) in [5.74, 6) is 1.19. The average molecular weight is 366 g/mol. The molecule has 26 heavy (non-hydrogen) atoms. The quantitative estimate of drug-likeness (QED) is 0.651. The first-order valence-electron chi connectivity index (χ1n) is 8.53. The van der Waals surface area contributed by atoms with Gasteiger partial charge >= 0.3 is 0 Å². The van der Waals surface area contributed by atoms with Gasteiger partial charge in [-0.05, 0) is 18.1 Å². The van der Waals surface area contributed by atoms with Gasteiger partial charge in [-0.3, -0.25) is 4.79 Å². The van der Waals surface area contributed by atoms with E-state index in [1.54, 1.807) is 0 Å². The number of carbonyl (C=O) groups is 1. The summed E-state index contributed by atoms with van der Waals surface area (Å²) in [5.41, 5.74) is 2.28. The van der Waals surface area contributed by atoms with Crippen molar-refractivity contribution in [2.24, 2.45) is 7.05 Å². The third kappa shape index (κ3) is 4.73. The number of thioether (sulfide) groups is 1. The highest BCUT2D eigenvalue weighted by atomic mass is 32.2. The highest BCUT2D eigenvalue weighted by Gasteiger charge is 2.13. The van der Waals surface area contributed by atoms with Crippen LogP contribution in [0, 0.1) is 0 Å². The highest BCUT2D eigenvalue weighted by Crippen LogP contribution is 2.18. The van der Waals surface area contributed by atoms with Crippen molar-refractivity contribution in [1.29, 1.82) is 0 Å². The second-order valence-electron chi connectivity index (χ2n) is 6.11. The lowest BCUT2D eigenvalue weighted by Crippen LogP contribution is -2.28. The Morgan fingerprint density at radius 3 is 2.42 bits per heavy atom. The molecular formula is C20H22N4OS. The Labute approximate surface area is 157 Å². The Bertz CT molecular complexity index is 849. The molecule has 1 aromatic heterocycles. The molecular weight excluding hydrogens is 344 g/mol. The average Bonchev–Trinajstić information content (AvgIpc) is 3.01. The first kappa shape index (κ1) is 18.2. The first-order valence-corrected chi connectivity index (χ1v) is 9.51. The van der Waals surface area contributed by atoms with Gasteiger partial charge in [-0.2, -0.15) is 0 Å². The Morgan fingerprint density at radius 1 is 1.08 bits per heavy atom. The van der Waals surface area contributed by atoms with Crippen molar-refractivity contribution in [2.75, 3.05) is 5.75 Å². The normalized spacial score (nSPS) is 11.9. The molecule has 1 atom stereocenters. The van der Waals surface area contributed by atoms with E-state index < -0.39 is 0 Å². The van der Waals surface area contributed by atoms with Crippen molar-refractivity contribution in [3.63, 3.8) is 0 Å². The maximum absolute atomic E-state index is 12.2. The number of rotatable bonds is 7. The molecule has 2 aromatic carbocycles. The zero-order valence-corrected chi connectivity index (χ0v) is 15.7. The van der Waals surface area contributed by atoms with Gasteiger partial charge in [0.2, 0.25) is 5.91 Å². The number of carbonyl (C=O) groups excluding carboxylic acids is 1. The van der Waals surface area contributed by atoms with Crippen LogP contribution in [0.15, 0.2) is 65.8 Å². The van der Waals surface area contributed by atoms with E-state index in [0.29, 0.717) is 5.75 Å². The van der Waals surface area contributed by atoms with E-state index in [0.717, 1.165) is 23.0 Å². The number of nitrogens with zero attached hydrogens (tertiary/aromatic N) is 3. The molecule has 0 aliphatic heterocycles. The lowest BCUT2D eigenvalue weighted by Gasteiger charge is -2.14. The molecule has 0 aliphatic carbocycles. The predicted octanol–water partition coefficient (Wildman–Crippen LogP) is 3.38. The molecule has 5 nitrogen and oxygen atoms in total. The van der Waals surface area contributed by atoms with E-state index in [1.807, 2.05) is 67.1 Å². The van der Waals surface area contributed by atoms with Gasteiger partial charge in [0.25, 0.3) is 0 Å². The zero-order valence-electron chi connectivity index (χ0n) is 14.9. The molecule has 1 unspecified atom stereocenters. The molecule has 0 spiro atoms. The number of benzene rings is 2. The Kier molecular flexibility index (Phi) is 6.07. The third-order valence-electron chi connectivity index (χ3n) is 4.14. The summed E-state index contributed by atoms with van der Waals surface area (Å²) in [6.45, 7) is 1.98. The van der Waals surface area contributed by atoms with Crippen LogP contribution < -0.4 is 5.32 Å². The molecule has 0 saturated carbocycles. The summed E-state index contributed by atoms with van der Waals surface area (Å²) in [4.78, 5) is 12.2. The monoisotopic (exact) mass is 366 g/mol. The van der Waals surface area contributed by atoms with E-state index in [1.165, 1.54) is 17.3 Å². The van der Waals surface area contributed by atoms with Crippen molar-refractivity contribution >= 4 is 17.7 Å². The minimum atomic E-state index is -0.0163. The summed E-state index contributed by atoms with van der Waals surface area (Å²) in [5, 5.41) is 12.2. The fourth-order valence-corrected chi connectivity index (χ4v) is 3.38. The van der Waals surface area contributed by atoms with Gasteiger partial charge in [0.15, 0.2) is 5.16 Å². The fraction of sp³-hybridized carbons (Fsp3) is 0.250. The number of amides is 1. The van der Waals surface area contributed by atoms with E-state index >= 15 is 0 Å². The van der Waals surface area contributed by atoms with Crippen LogP contribution in [-0.4, -0.2) is 26.4 Å². The topological polar surface area (TPSA) is 59.8 Å². The molecule has 3 aromatic rings. The van der Waals surface area contributed by atoms with E-state index in [2.05, 4.69) is 27.6 Å². The summed E-state index contributed by atoms with van der Waals surface area (Å²) in [6.07, 6.45) is 0.724. The van der Waals surface area contributed by atoms with Crippen molar-refractivity contribution in [2.45, 2.75) is 24.5 Å². The second kappa shape index (κ2) is 8.67. The molecule has 1 amide bonds. The Balaban J connectivity index is 1.54. The van der Waals surface area contributed by atoms with Crippen molar-refractivity contribution in [3.8, 4) is 0 Å². The molecule has 3 rings (SSSR count). The standard InChI is InChI=1S/C20H22N4OS/c1-15(17-11-7-4-8-12-17)21-19(25)14-26-20-23-22-18(24(20)2)13-16-9-5-3-6-10-16/h3-12,15H,13-14H2,1-2H3,(H,21,25). The lowest BCUT2D eigenvalue weighted by molar-refractivity contribution is -0.119. The summed E-state index contributed by atoms with van der Waals surface area (Å²) in [6, 6.07) is 20.1. The van der Waals surface area contributed by atoms with Gasteiger partial charge < -0.3 is 9.88 Å². The molecule has 0 radical (unpaired) electrons. The molecule has 0 aliphatic rings. The van der Waals surface area contributed by atoms with Crippen LogP contribution >= 0.6 is 11.8 Å². The van der Waals surface area contributed by atoms with Crippen LogP contribution in [0.3, 0.4) is 0 Å². The van der Waals surface area contributed by atoms with Gasteiger partial charge in [0.05, 0.1) is 11.8 Å². The van der Waals surface area contributed by atoms with Crippen molar-refractivity contribution in [1.82, 2.24) is 20.1 Å². The molecule has 1 N–H and O–H groups in total. The SMILES string of the molecule is CC(NC(=O)CSc1nnc(Cc2ccccc2)n1C)c1ccccc1. The van der Waals surface area contributed by atoms with Crippen molar-refractivity contribution < 1.29 is 4.79 Å². The second-order valence-corrected chi connectivity index (χ2v) is 7.05. The lowest BCUT2D eigenvalue weighted by atomic mass is 10.1. The minimum absolute atomic E-state index is 0.0148. The maximum atomic E-state index is 12.2. The summed E-state index contributed by atoms with van der Waals surface area (Å²) >= 11 is 1.40. The van der Waals surface area contributed by atoms with Gasteiger partial charge in [0.1, 0.15) is 5.82 Å². The molecule has 6 heteroatoms. The number of nitrogens with one attached hydrogen (secondary N) is 1. The zero-order chi connectivity index (χ0) is 18.4. The van der Waals surface area contributed by atoms with E-state index in [9.17, 15) is 4.79 Å². The number of hydrogen-bond donors (Lipinski definition) is 1. The van der Waals surface area contributed by atoms with Crippen LogP contribution in [0.4, 0.5) is 0 Å². The van der Waals surface area contributed by atoms with Crippen LogP contribution in [0.25, 0.3) is 0 Å². The van der Waals surface area contributed by atoms with Gasteiger partial charge in [-0.15, -0.1) is 10.2 Å². The van der Waals surface area contributed by atoms with E-state index in [4.69, 9.17) is 0 Å². The van der Waals surface area contributed by atoms with E-state index in [-0.39, 0.29) is 11.9 Å². The first-order chi connectivity index (χ1) is 12.6. The maximum Gasteiger partial charge on any atom is 0.230 e. The highest BCUT2D eigenvalue weighted by molar-refractivity contribution is 7.99. The molecule has 1 heterocycles. The van der Waals surface area contributed by atoms with Crippen LogP contribution in [-0.2, 0) is 18.3 Å². The van der Waals surface area contributed by atoms with Crippen LogP contribution in [0.5, 0.6) is 0 Å². The van der Waals surface area contributed by atoms with Crippen LogP contribution in [0.1, 0.15) is 29.9 Å².